The summed E-state index contributed by atoms with van der Waals surface area (Å²) < 4.78 is 3.21. The molecule has 0 radical (unpaired) electrons. The Hall–Kier alpha value is -2.22. The number of rotatable bonds is 3. The number of pyridine rings is 1. The predicted molar refractivity (Wildman–Crippen MR) is 67.8 cm³/mol. The molecule has 0 spiro atoms. The quantitative estimate of drug-likeness (QED) is 0.516. The van der Waals surface area contributed by atoms with Gasteiger partial charge in [-0.25, -0.2) is 0 Å². The molecule has 0 aliphatic rings. The molecule has 90 valence electrons. The maximum absolute atomic E-state index is 4.27. The van der Waals surface area contributed by atoms with Crippen LogP contribution < -0.4 is 0 Å². The topological polar surface area (TPSA) is 73.3 Å². The summed E-state index contributed by atoms with van der Waals surface area (Å²) in [6.07, 6.45) is 8.66. The highest BCUT2D eigenvalue weighted by Crippen LogP contribution is 2.11. The highest BCUT2D eigenvalue weighted by Gasteiger charge is 2.08. The van der Waals surface area contributed by atoms with Crippen molar-refractivity contribution < 1.29 is 0 Å². The molecule has 3 aromatic rings. The Morgan fingerprint density at radius 2 is 2.33 bits per heavy atom. The number of fused-ring (bicyclic) bond motifs is 1. The van der Waals surface area contributed by atoms with Crippen molar-refractivity contribution in [3.63, 3.8) is 0 Å². The van der Waals surface area contributed by atoms with Gasteiger partial charge in [0, 0.05) is 18.0 Å². The number of thioether (sulfide) groups is 1. The SMILES string of the molecule is CSc1nnc2n(/N=C\c3cccnc3)cnn12. The van der Waals surface area contributed by atoms with E-state index in [1.54, 1.807) is 34.1 Å². The molecule has 0 amide bonds. The largest absolute Gasteiger partial charge is 0.275 e. The minimum Gasteiger partial charge on any atom is -0.264 e. The van der Waals surface area contributed by atoms with E-state index in [-0.39, 0.29) is 0 Å². The van der Waals surface area contributed by atoms with Crippen molar-refractivity contribution in [2.75, 3.05) is 6.26 Å². The maximum Gasteiger partial charge on any atom is 0.275 e. The average molecular weight is 259 g/mol. The van der Waals surface area contributed by atoms with Gasteiger partial charge in [-0.2, -0.15) is 19.4 Å². The Kier molecular flexibility index (Phi) is 2.77. The normalized spacial score (nSPS) is 11.6. The molecule has 0 bridgehead atoms. The van der Waals surface area contributed by atoms with Crippen LogP contribution in [0.3, 0.4) is 0 Å². The summed E-state index contributed by atoms with van der Waals surface area (Å²) in [5.74, 6) is 0.583. The van der Waals surface area contributed by atoms with Crippen molar-refractivity contribution in [2.45, 2.75) is 5.16 Å². The number of aromatic nitrogens is 6. The van der Waals surface area contributed by atoms with E-state index in [9.17, 15) is 0 Å². The van der Waals surface area contributed by atoms with E-state index in [1.807, 2.05) is 18.4 Å². The lowest BCUT2D eigenvalue weighted by atomic mass is 10.3. The molecule has 18 heavy (non-hydrogen) atoms. The van der Waals surface area contributed by atoms with E-state index in [4.69, 9.17) is 0 Å². The van der Waals surface area contributed by atoms with Crippen LogP contribution in [-0.4, -0.2) is 41.9 Å². The van der Waals surface area contributed by atoms with Gasteiger partial charge in [0.25, 0.3) is 5.78 Å². The van der Waals surface area contributed by atoms with Gasteiger partial charge in [-0.3, -0.25) is 4.98 Å². The third-order valence-corrected chi connectivity index (χ3v) is 2.89. The van der Waals surface area contributed by atoms with Gasteiger partial charge in [0.1, 0.15) is 6.33 Å². The van der Waals surface area contributed by atoms with Crippen LogP contribution in [0, 0.1) is 0 Å². The van der Waals surface area contributed by atoms with Crippen LogP contribution in [0.2, 0.25) is 0 Å². The van der Waals surface area contributed by atoms with E-state index in [0.29, 0.717) is 5.78 Å². The molecule has 7 nitrogen and oxygen atoms in total. The molecule has 3 heterocycles. The smallest absolute Gasteiger partial charge is 0.264 e. The highest BCUT2D eigenvalue weighted by molar-refractivity contribution is 7.98. The van der Waals surface area contributed by atoms with Gasteiger partial charge in [0.05, 0.1) is 6.21 Å². The van der Waals surface area contributed by atoms with Crippen LogP contribution in [-0.2, 0) is 0 Å². The Labute approximate surface area is 107 Å². The Morgan fingerprint density at radius 1 is 1.39 bits per heavy atom. The monoisotopic (exact) mass is 259 g/mol. The first-order chi connectivity index (χ1) is 8.88. The second-order valence-corrected chi connectivity index (χ2v) is 4.18. The molecule has 0 N–H and O–H groups in total. The zero-order valence-electron chi connectivity index (χ0n) is 9.50. The van der Waals surface area contributed by atoms with E-state index in [2.05, 4.69) is 25.4 Å². The highest BCUT2D eigenvalue weighted by atomic mass is 32.2. The minimum atomic E-state index is 0.583. The average Bonchev–Trinajstić information content (AvgIpc) is 2.99. The zero-order chi connectivity index (χ0) is 12.4. The molecule has 0 aliphatic heterocycles. The van der Waals surface area contributed by atoms with Gasteiger partial charge in [0.15, 0.2) is 0 Å². The van der Waals surface area contributed by atoms with E-state index >= 15 is 0 Å². The lowest BCUT2D eigenvalue weighted by Crippen LogP contribution is -1.91. The lowest BCUT2D eigenvalue weighted by molar-refractivity contribution is 0.817. The van der Waals surface area contributed by atoms with Gasteiger partial charge in [-0.15, -0.1) is 10.2 Å². The number of hydrogen-bond acceptors (Lipinski definition) is 6. The summed E-state index contributed by atoms with van der Waals surface area (Å²) in [7, 11) is 0. The maximum atomic E-state index is 4.27. The standard InChI is InChI=1S/C10H9N7S/c1-18-10-15-14-9-16(7-13-17(9)10)12-6-8-3-2-4-11-5-8/h2-7H,1H3/b12-6-. The van der Waals surface area contributed by atoms with Crippen molar-refractivity contribution in [3.05, 3.63) is 36.4 Å². The fourth-order valence-corrected chi connectivity index (χ4v) is 1.87. The molecular weight excluding hydrogens is 250 g/mol. The molecule has 3 aromatic heterocycles. The van der Waals surface area contributed by atoms with Gasteiger partial charge >= 0.3 is 0 Å². The van der Waals surface area contributed by atoms with Gasteiger partial charge in [-0.05, 0) is 12.3 Å². The summed E-state index contributed by atoms with van der Waals surface area (Å²) in [5, 5.41) is 17.2. The van der Waals surface area contributed by atoms with Crippen molar-refractivity contribution in [1.82, 2.24) is 29.5 Å². The van der Waals surface area contributed by atoms with Gasteiger partial charge < -0.3 is 0 Å². The number of hydrogen-bond donors (Lipinski definition) is 0. The van der Waals surface area contributed by atoms with Crippen molar-refractivity contribution in [3.8, 4) is 0 Å². The molecule has 0 aromatic carbocycles. The third-order valence-electron chi connectivity index (χ3n) is 2.28. The summed E-state index contributed by atoms with van der Waals surface area (Å²) in [6.45, 7) is 0. The van der Waals surface area contributed by atoms with Crippen molar-refractivity contribution in [2.24, 2.45) is 5.10 Å². The molecule has 0 atom stereocenters. The Morgan fingerprint density at radius 3 is 3.11 bits per heavy atom. The van der Waals surface area contributed by atoms with Crippen LogP contribution in [0.25, 0.3) is 5.78 Å². The third kappa shape index (κ3) is 1.86. The molecule has 0 saturated heterocycles. The second kappa shape index (κ2) is 4.57. The molecule has 0 saturated carbocycles. The first-order valence-electron chi connectivity index (χ1n) is 5.15. The van der Waals surface area contributed by atoms with Gasteiger partial charge in [0.2, 0.25) is 5.16 Å². The van der Waals surface area contributed by atoms with Crippen molar-refractivity contribution >= 4 is 23.8 Å². The first kappa shape index (κ1) is 10.9. The molecule has 3 rings (SSSR count). The zero-order valence-corrected chi connectivity index (χ0v) is 10.3. The second-order valence-electron chi connectivity index (χ2n) is 3.40. The Bertz CT molecular complexity index is 685. The molecule has 0 fully saturated rings. The van der Waals surface area contributed by atoms with E-state index < -0.39 is 0 Å². The summed E-state index contributed by atoms with van der Waals surface area (Å²) >= 11 is 1.48. The Balaban J connectivity index is 1.96. The van der Waals surface area contributed by atoms with E-state index in [0.717, 1.165) is 10.7 Å². The lowest BCUT2D eigenvalue weighted by Gasteiger charge is -1.91. The molecule has 8 heteroatoms. The minimum absolute atomic E-state index is 0.583. The van der Waals surface area contributed by atoms with Crippen LogP contribution in [0.1, 0.15) is 5.56 Å². The fourth-order valence-electron chi connectivity index (χ4n) is 1.44. The predicted octanol–water partition coefficient (Wildman–Crippen LogP) is 0.925. The summed E-state index contributed by atoms with van der Waals surface area (Å²) in [6, 6.07) is 3.77. The first-order valence-corrected chi connectivity index (χ1v) is 6.38. The van der Waals surface area contributed by atoms with Gasteiger partial charge in [-0.1, -0.05) is 17.8 Å². The summed E-state index contributed by atoms with van der Waals surface area (Å²) in [4.78, 5) is 4.01. The molecular formula is C10H9N7S. The van der Waals surface area contributed by atoms with Crippen LogP contribution in [0.15, 0.2) is 41.1 Å². The van der Waals surface area contributed by atoms with Crippen LogP contribution >= 0.6 is 11.8 Å². The summed E-state index contributed by atoms with van der Waals surface area (Å²) in [5.41, 5.74) is 0.911. The van der Waals surface area contributed by atoms with Crippen molar-refractivity contribution in [1.29, 1.82) is 0 Å². The number of nitrogens with zero attached hydrogens (tertiary/aromatic N) is 7. The van der Waals surface area contributed by atoms with Crippen LogP contribution in [0.5, 0.6) is 0 Å². The van der Waals surface area contributed by atoms with E-state index in [1.165, 1.54) is 11.8 Å². The molecule has 0 aliphatic carbocycles. The van der Waals surface area contributed by atoms with Crippen LogP contribution in [0.4, 0.5) is 0 Å². The fraction of sp³-hybridized carbons (Fsp3) is 0.100. The molecule has 0 unspecified atom stereocenters.